The minimum Gasteiger partial charge on any atom is -0.451 e. The Balaban J connectivity index is 0.00000300. The van der Waals surface area contributed by atoms with E-state index in [1.807, 2.05) is 0 Å². The molecule has 3 N–H and O–H groups in total. The van der Waals surface area contributed by atoms with Crippen LogP contribution in [-0.4, -0.2) is 44.0 Å². The Hall–Kier alpha value is -2.82. The van der Waals surface area contributed by atoms with Gasteiger partial charge in [0.1, 0.15) is 23.0 Å². The number of nitrogens with one attached hydrogen (secondary N) is 1. The molecule has 3 rings (SSSR count). The minimum atomic E-state index is -0.826. The molecule has 11 heteroatoms. The molecule has 1 aromatic carbocycles. The van der Waals surface area contributed by atoms with E-state index < -0.39 is 23.2 Å². The van der Waals surface area contributed by atoms with E-state index in [0.29, 0.717) is 23.5 Å². The fourth-order valence-corrected chi connectivity index (χ4v) is 2.62. The molecule has 0 saturated carbocycles. The largest absolute Gasteiger partial charge is 0.451 e. The van der Waals surface area contributed by atoms with Crippen LogP contribution in [0.15, 0.2) is 35.3 Å². The van der Waals surface area contributed by atoms with E-state index in [9.17, 15) is 18.7 Å². The van der Waals surface area contributed by atoms with Crippen molar-refractivity contribution in [1.29, 1.82) is 0 Å². The van der Waals surface area contributed by atoms with Gasteiger partial charge in [-0.05, 0) is 12.5 Å². The first kappa shape index (κ1) is 22.5. The number of rotatable bonds is 7. The SMILES string of the molecule is Cl.Cn1c(=O)c(Oc2cc(F)cc(F)c2)cc2cnc(N[C@@H](CO)CCO)nc21. The van der Waals surface area contributed by atoms with Crippen LogP contribution in [0.2, 0.25) is 0 Å². The van der Waals surface area contributed by atoms with Gasteiger partial charge in [0, 0.05) is 43.4 Å². The Morgan fingerprint density at radius 2 is 1.90 bits per heavy atom. The van der Waals surface area contributed by atoms with Crippen molar-refractivity contribution in [2.24, 2.45) is 7.05 Å². The number of fused-ring (bicyclic) bond motifs is 1. The number of aryl methyl sites for hydroxylation is 1. The first-order valence-corrected chi connectivity index (χ1v) is 8.40. The molecule has 0 bridgehead atoms. The Bertz CT molecular complexity index is 1040. The first-order valence-electron chi connectivity index (χ1n) is 8.40. The van der Waals surface area contributed by atoms with Crippen molar-refractivity contribution in [3.05, 3.63) is 52.5 Å². The zero-order chi connectivity index (χ0) is 20.3. The maximum absolute atomic E-state index is 13.3. The number of aliphatic hydroxyl groups is 2. The Morgan fingerprint density at radius 1 is 1.21 bits per heavy atom. The summed E-state index contributed by atoms with van der Waals surface area (Å²) in [6.07, 6.45) is 1.74. The van der Waals surface area contributed by atoms with Crippen molar-refractivity contribution in [2.45, 2.75) is 12.5 Å². The van der Waals surface area contributed by atoms with E-state index >= 15 is 0 Å². The second kappa shape index (κ2) is 9.59. The number of aliphatic hydroxyl groups excluding tert-OH is 2. The van der Waals surface area contributed by atoms with Crippen molar-refractivity contribution >= 4 is 29.4 Å². The molecule has 2 heterocycles. The summed E-state index contributed by atoms with van der Waals surface area (Å²) >= 11 is 0. The number of ether oxygens (including phenoxy) is 1. The lowest BCUT2D eigenvalue weighted by atomic mass is 10.2. The van der Waals surface area contributed by atoms with Gasteiger partial charge in [-0.25, -0.2) is 13.8 Å². The van der Waals surface area contributed by atoms with E-state index in [1.54, 1.807) is 0 Å². The normalized spacial score (nSPS) is 11.8. The van der Waals surface area contributed by atoms with Crippen molar-refractivity contribution in [2.75, 3.05) is 18.5 Å². The van der Waals surface area contributed by atoms with E-state index in [-0.39, 0.29) is 43.1 Å². The maximum Gasteiger partial charge on any atom is 0.294 e. The van der Waals surface area contributed by atoms with Crippen LogP contribution in [0.25, 0.3) is 11.0 Å². The average Bonchev–Trinajstić information content (AvgIpc) is 2.65. The standard InChI is InChI=1S/C18H18F2N4O4.ClH/c1-24-16-10(8-21-18(23-16)22-13(9-26)2-3-25)4-15(17(24)27)28-14-6-11(19)5-12(20)7-14;/h4-8,13,25-26H,2-3,9H2,1H3,(H,21,22,23);1H/t13-;/m1./s1. The third-order valence-corrected chi connectivity index (χ3v) is 4.01. The zero-order valence-corrected chi connectivity index (χ0v) is 16.1. The molecule has 2 aromatic heterocycles. The molecule has 0 saturated heterocycles. The zero-order valence-electron chi connectivity index (χ0n) is 15.3. The molecule has 8 nitrogen and oxygen atoms in total. The smallest absolute Gasteiger partial charge is 0.294 e. The van der Waals surface area contributed by atoms with Crippen LogP contribution in [0, 0.1) is 11.6 Å². The number of nitrogens with zero attached hydrogens (tertiary/aromatic N) is 3. The summed E-state index contributed by atoms with van der Waals surface area (Å²) in [5, 5.41) is 21.6. The first-order chi connectivity index (χ1) is 13.4. The molecule has 0 aliphatic heterocycles. The van der Waals surface area contributed by atoms with E-state index in [4.69, 9.17) is 9.84 Å². The highest BCUT2D eigenvalue weighted by molar-refractivity contribution is 5.85. The molecule has 0 aliphatic rings. The topological polar surface area (TPSA) is 110 Å². The van der Waals surface area contributed by atoms with Crippen molar-refractivity contribution < 1.29 is 23.7 Å². The van der Waals surface area contributed by atoms with E-state index in [1.165, 1.54) is 23.9 Å². The highest BCUT2D eigenvalue weighted by Gasteiger charge is 2.14. The Morgan fingerprint density at radius 3 is 2.52 bits per heavy atom. The monoisotopic (exact) mass is 428 g/mol. The van der Waals surface area contributed by atoms with Crippen LogP contribution in [0.5, 0.6) is 11.5 Å². The molecular weight excluding hydrogens is 410 g/mol. The molecule has 0 fully saturated rings. The number of pyridine rings is 1. The van der Waals surface area contributed by atoms with Gasteiger partial charge in [-0.3, -0.25) is 9.36 Å². The van der Waals surface area contributed by atoms with Gasteiger partial charge in [0.25, 0.3) is 5.56 Å². The number of benzene rings is 1. The third-order valence-electron chi connectivity index (χ3n) is 4.01. The Kier molecular flexibility index (Phi) is 7.43. The van der Waals surface area contributed by atoms with Gasteiger partial charge in [-0.1, -0.05) is 0 Å². The Labute approximate surface area is 170 Å². The van der Waals surface area contributed by atoms with Gasteiger partial charge in [-0.15, -0.1) is 12.4 Å². The fourth-order valence-electron chi connectivity index (χ4n) is 2.62. The predicted molar refractivity (Wildman–Crippen MR) is 105 cm³/mol. The predicted octanol–water partition coefficient (Wildman–Crippen LogP) is 1.98. The summed E-state index contributed by atoms with van der Waals surface area (Å²) in [6, 6.07) is 3.56. The number of anilines is 1. The molecule has 0 aliphatic carbocycles. The van der Waals surface area contributed by atoms with Gasteiger partial charge >= 0.3 is 0 Å². The van der Waals surface area contributed by atoms with Crippen LogP contribution in [-0.2, 0) is 7.05 Å². The number of halogens is 3. The molecule has 0 amide bonds. The lowest BCUT2D eigenvalue weighted by Crippen LogP contribution is -2.26. The molecule has 1 atom stereocenters. The van der Waals surface area contributed by atoms with Crippen molar-refractivity contribution in [1.82, 2.24) is 14.5 Å². The second-order valence-corrected chi connectivity index (χ2v) is 6.09. The molecule has 0 unspecified atom stereocenters. The summed E-state index contributed by atoms with van der Waals surface area (Å²) in [5.74, 6) is -1.77. The molecule has 156 valence electrons. The van der Waals surface area contributed by atoms with Crippen LogP contribution in [0.1, 0.15) is 6.42 Å². The molecular formula is C18H19ClF2N4O4. The minimum absolute atomic E-state index is 0. The highest BCUT2D eigenvalue weighted by atomic mass is 35.5. The summed E-state index contributed by atoms with van der Waals surface area (Å²) in [4.78, 5) is 20.9. The van der Waals surface area contributed by atoms with Crippen LogP contribution in [0.4, 0.5) is 14.7 Å². The number of hydrogen-bond acceptors (Lipinski definition) is 7. The van der Waals surface area contributed by atoms with Gasteiger partial charge in [0.15, 0.2) is 5.75 Å². The maximum atomic E-state index is 13.3. The summed E-state index contributed by atoms with van der Waals surface area (Å²) in [5.41, 5.74) is -0.267. The van der Waals surface area contributed by atoms with Gasteiger partial charge in [0.05, 0.1) is 12.6 Å². The molecule has 3 aromatic rings. The number of hydrogen-bond donors (Lipinski definition) is 3. The molecule has 0 radical (unpaired) electrons. The van der Waals surface area contributed by atoms with Crippen LogP contribution in [0.3, 0.4) is 0 Å². The van der Waals surface area contributed by atoms with Crippen molar-refractivity contribution in [3.8, 4) is 11.5 Å². The van der Waals surface area contributed by atoms with Gasteiger partial charge < -0.3 is 20.3 Å². The summed E-state index contributed by atoms with van der Waals surface area (Å²) in [7, 11) is 1.47. The summed E-state index contributed by atoms with van der Waals surface area (Å²) < 4.78 is 33.2. The fraction of sp³-hybridized carbons (Fsp3) is 0.278. The number of aromatic nitrogens is 3. The quantitative estimate of drug-likeness (QED) is 0.527. The van der Waals surface area contributed by atoms with Crippen LogP contribution >= 0.6 is 12.4 Å². The van der Waals surface area contributed by atoms with Crippen molar-refractivity contribution in [3.63, 3.8) is 0 Å². The second-order valence-electron chi connectivity index (χ2n) is 6.09. The van der Waals surface area contributed by atoms with E-state index in [2.05, 4.69) is 15.3 Å². The third kappa shape index (κ3) is 5.17. The molecule has 0 spiro atoms. The van der Waals surface area contributed by atoms with Gasteiger partial charge in [0.2, 0.25) is 5.95 Å². The summed E-state index contributed by atoms with van der Waals surface area (Å²) in [6.45, 7) is -0.344. The lowest BCUT2D eigenvalue weighted by molar-refractivity contribution is 0.228. The van der Waals surface area contributed by atoms with E-state index in [0.717, 1.165) is 12.1 Å². The lowest BCUT2D eigenvalue weighted by Gasteiger charge is -2.15. The van der Waals surface area contributed by atoms with Gasteiger partial charge in [-0.2, -0.15) is 4.98 Å². The molecule has 29 heavy (non-hydrogen) atoms. The van der Waals surface area contributed by atoms with Crippen LogP contribution < -0.4 is 15.6 Å². The highest BCUT2D eigenvalue weighted by Crippen LogP contribution is 2.23. The average molecular weight is 429 g/mol.